The first kappa shape index (κ1) is 20.2. The van der Waals surface area contributed by atoms with E-state index in [0.29, 0.717) is 6.42 Å². The molecule has 1 rings (SSSR count). The van der Waals surface area contributed by atoms with Crippen molar-refractivity contribution in [3.8, 4) is 0 Å². The molecule has 24 heavy (non-hydrogen) atoms. The van der Waals surface area contributed by atoms with E-state index in [2.05, 4.69) is 5.32 Å². The number of carbonyl (C=O) groups is 1. The normalized spacial score (nSPS) is 15.3. The molecule has 0 saturated carbocycles. The van der Waals surface area contributed by atoms with Crippen LogP contribution in [0.5, 0.6) is 0 Å². The van der Waals surface area contributed by atoms with Crippen LogP contribution < -0.4 is 5.32 Å². The molecule has 4 heteroatoms. The summed E-state index contributed by atoms with van der Waals surface area (Å²) >= 11 is 0. The first-order chi connectivity index (χ1) is 11.3. The van der Waals surface area contributed by atoms with Crippen molar-refractivity contribution in [3.63, 3.8) is 0 Å². The molecule has 0 spiro atoms. The van der Waals surface area contributed by atoms with Crippen LogP contribution in [0.3, 0.4) is 0 Å². The van der Waals surface area contributed by atoms with Gasteiger partial charge in [-0.1, -0.05) is 30.7 Å². The van der Waals surface area contributed by atoms with E-state index >= 15 is 0 Å². The Balaban J connectivity index is 3.54. The van der Waals surface area contributed by atoms with Gasteiger partial charge in [-0.05, 0) is 58.8 Å². The lowest BCUT2D eigenvalue weighted by molar-refractivity contribution is -0.120. The van der Waals surface area contributed by atoms with Crippen LogP contribution in [0, 0.1) is 11.6 Å². The Bertz CT molecular complexity index is 649. The highest BCUT2D eigenvalue weighted by atomic mass is 19.1. The molecule has 0 aromatic heterocycles. The summed E-state index contributed by atoms with van der Waals surface area (Å²) in [5.74, 6) is -1.53. The maximum Gasteiger partial charge on any atom is 0.144 e. The van der Waals surface area contributed by atoms with Crippen LogP contribution in [0.15, 0.2) is 41.5 Å². The highest BCUT2D eigenvalue weighted by Gasteiger charge is 2.37. The first-order valence-corrected chi connectivity index (χ1v) is 8.26. The molecular formula is C20H27F2NO. The van der Waals surface area contributed by atoms with E-state index in [0.717, 1.165) is 30.2 Å². The van der Waals surface area contributed by atoms with Crippen LogP contribution in [-0.4, -0.2) is 19.4 Å². The minimum Gasteiger partial charge on any atom is -0.319 e. The molecule has 0 saturated heterocycles. The topological polar surface area (TPSA) is 29.1 Å². The highest BCUT2D eigenvalue weighted by molar-refractivity contribution is 5.92. The predicted octanol–water partition coefficient (Wildman–Crippen LogP) is 4.70. The summed E-state index contributed by atoms with van der Waals surface area (Å²) in [6.07, 6.45) is 5.45. The third-order valence-electron chi connectivity index (χ3n) is 4.47. The smallest absolute Gasteiger partial charge is 0.144 e. The zero-order chi connectivity index (χ0) is 18.3. The van der Waals surface area contributed by atoms with E-state index in [4.69, 9.17) is 0 Å². The Hall–Kier alpha value is -1.81. The van der Waals surface area contributed by atoms with Gasteiger partial charge in [-0.3, -0.25) is 4.79 Å². The molecule has 0 heterocycles. The van der Waals surface area contributed by atoms with Crippen molar-refractivity contribution < 1.29 is 13.6 Å². The lowest BCUT2D eigenvalue weighted by Gasteiger charge is -2.30. The van der Waals surface area contributed by atoms with Gasteiger partial charge >= 0.3 is 0 Å². The molecule has 0 bridgehead atoms. The number of carbonyl (C=O) groups excluding carboxylic acids is 1. The molecule has 1 aromatic carbocycles. The Morgan fingerprint density at radius 2 is 1.96 bits per heavy atom. The van der Waals surface area contributed by atoms with Crippen LogP contribution in [0.4, 0.5) is 8.78 Å². The van der Waals surface area contributed by atoms with Gasteiger partial charge in [0.1, 0.15) is 17.4 Å². The molecule has 0 amide bonds. The lowest BCUT2D eigenvalue weighted by Crippen LogP contribution is -2.34. The Labute approximate surface area is 143 Å². The van der Waals surface area contributed by atoms with Gasteiger partial charge in [0, 0.05) is 11.6 Å². The van der Waals surface area contributed by atoms with Gasteiger partial charge in [0.05, 0.1) is 5.41 Å². The second-order valence-corrected chi connectivity index (χ2v) is 6.20. The van der Waals surface area contributed by atoms with Crippen LogP contribution in [0.25, 0.3) is 0 Å². The molecule has 1 N–H and O–H groups in total. The summed E-state index contributed by atoms with van der Waals surface area (Å²) in [6, 6.07) is 3.40. The molecule has 0 fully saturated rings. The number of Topliss-reactive ketones (excluding diaryl/α,β-unsaturated/α-hetero) is 1. The fraction of sp³-hybridized carbons (Fsp3) is 0.450. The number of benzene rings is 1. The fourth-order valence-corrected chi connectivity index (χ4v) is 2.59. The number of hydrogen-bond donors (Lipinski definition) is 1. The number of allylic oxidation sites excluding steroid dienone is 3. The molecule has 132 valence electrons. The number of nitrogens with one attached hydrogen (secondary N) is 1. The summed E-state index contributed by atoms with van der Waals surface area (Å²) in [5, 5.41) is 3.06. The van der Waals surface area contributed by atoms with Crippen molar-refractivity contribution in [2.45, 2.75) is 46.0 Å². The molecule has 1 atom stereocenters. The van der Waals surface area contributed by atoms with Crippen LogP contribution in [0.2, 0.25) is 0 Å². The molecular weight excluding hydrogens is 308 g/mol. The minimum absolute atomic E-state index is 0.177. The number of rotatable bonds is 8. The summed E-state index contributed by atoms with van der Waals surface area (Å²) in [6.45, 7) is 7.91. The van der Waals surface area contributed by atoms with E-state index in [1.54, 1.807) is 6.92 Å². The molecule has 0 aliphatic heterocycles. The summed E-state index contributed by atoms with van der Waals surface area (Å²) < 4.78 is 27.7. The lowest BCUT2D eigenvalue weighted by atomic mass is 9.71. The highest BCUT2D eigenvalue weighted by Crippen LogP contribution is 2.36. The maximum absolute atomic E-state index is 14.4. The average molecular weight is 335 g/mol. The van der Waals surface area contributed by atoms with Gasteiger partial charge in [-0.25, -0.2) is 8.78 Å². The monoisotopic (exact) mass is 335 g/mol. The Kier molecular flexibility index (Phi) is 7.49. The van der Waals surface area contributed by atoms with E-state index in [1.165, 1.54) is 19.1 Å². The molecule has 0 radical (unpaired) electrons. The molecule has 2 nitrogen and oxygen atoms in total. The van der Waals surface area contributed by atoms with E-state index in [-0.39, 0.29) is 11.3 Å². The maximum atomic E-state index is 14.4. The van der Waals surface area contributed by atoms with Crippen molar-refractivity contribution >= 4 is 5.78 Å². The standard InChI is InChI=1S/C20H27F2NO/c1-6-14(2)12-16(8-7-11-23-5)20(4,15(3)24)18-10-9-17(21)13-19(18)22/h8-10,12-13,23H,6-7,11H2,1-5H3/b14-12-,16-8+. The van der Waals surface area contributed by atoms with Gasteiger partial charge in [-0.15, -0.1) is 0 Å². The van der Waals surface area contributed by atoms with E-state index in [1.807, 2.05) is 33.0 Å². The largest absolute Gasteiger partial charge is 0.319 e. The van der Waals surface area contributed by atoms with Crippen LogP contribution >= 0.6 is 0 Å². The van der Waals surface area contributed by atoms with Crippen LogP contribution in [-0.2, 0) is 10.2 Å². The van der Waals surface area contributed by atoms with Crippen LogP contribution in [0.1, 0.15) is 46.1 Å². The summed E-state index contributed by atoms with van der Waals surface area (Å²) in [7, 11) is 1.85. The van der Waals surface area contributed by atoms with Gasteiger partial charge in [-0.2, -0.15) is 0 Å². The summed E-state index contributed by atoms with van der Waals surface area (Å²) in [5.41, 5.74) is 0.894. The van der Waals surface area contributed by atoms with Crippen molar-refractivity contribution in [1.82, 2.24) is 5.32 Å². The third kappa shape index (κ3) is 4.60. The van der Waals surface area contributed by atoms with Crippen molar-refractivity contribution in [3.05, 3.63) is 58.7 Å². The minimum atomic E-state index is -1.15. The first-order valence-electron chi connectivity index (χ1n) is 8.26. The Morgan fingerprint density at radius 3 is 2.46 bits per heavy atom. The summed E-state index contributed by atoms with van der Waals surface area (Å²) in [4.78, 5) is 12.5. The van der Waals surface area contributed by atoms with Crippen molar-refractivity contribution in [1.29, 1.82) is 0 Å². The number of hydrogen-bond acceptors (Lipinski definition) is 2. The fourth-order valence-electron chi connectivity index (χ4n) is 2.59. The van der Waals surface area contributed by atoms with Crippen molar-refractivity contribution in [2.75, 3.05) is 13.6 Å². The van der Waals surface area contributed by atoms with Gasteiger partial charge < -0.3 is 5.32 Å². The average Bonchev–Trinajstić information content (AvgIpc) is 2.53. The predicted molar refractivity (Wildman–Crippen MR) is 95.1 cm³/mol. The second-order valence-electron chi connectivity index (χ2n) is 6.20. The van der Waals surface area contributed by atoms with E-state index < -0.39 is 17.0 Å². The quantitative estimate of drug-likeness (QED) is 0.551. The van der Waals surface area contributed by atoms with Gasteiger partial charge in [0.15, 0.2) is 0 Å². The zero-order valence-electron chi connectivity index (χ0n) is 15.2. The SMILES string of the molecule is CC/C(C)=C\C(=C/CCNC)C(C)(C(C)=O)c1ccc(F)cc1F. The third-order valence-corrected chi connectivity index (χ3v) is 4.47. The zero-order valence-corrected chi connectivity index (χ0v) is 15.2. The molecule has 0 aliphatic rings. The molecule has 1 aromatic rings. The molecule has 0 aliphatic carbocycles. The number of ketones is 1. The Morgan fingerprint density at radius 1 is 1.29 bits per heavy atom. The van der Waals surface area contributed by atoms with Gasteiger partial charge in [0.2, 0.25) is 0 Å². The van der Waals surface area contributed by atoms with E-state index in [9.17, 15) is 13.6 Å². The molecule has 1 unspecified atom stereocenters. The second kappa shape index (κ2) is 8.88. The van der Waals surface area contributed by atoms with Crippen molar-refractivity contribution in [2.24, 2.45) is 0 Å². The van der Waals surface area contributed by atoms with Gasteiger partial charge in [0.25, 0.3) is 0 Å². The number of halogens is 2.